The summed E-state index contributed by atoms with van der Waals surface area (Å²) in [5.74, 6) is 1.40. The number of hydrogen-bond acceptors (Lipinski definition) is 7. The Morgan fingerprint density at radius 1 is 1.23 bits per heavy atom. The summed E-state index contributed by atoms with van der Waals surface area (Å²) in [5.41, 5.74) is 5.13. The zero-order valence-electron chi connectivity index (χ0n) is 17.3. The highest BCUT2D eigenvalue weighted by atomic mass is 79.9. The number of nitrogens with zero attached hydrogens (tertiary/aromatic N) is 4. The van der Waals surface area contributed by atoms with E-state index in [1.54, 1.807) is 12.1 Å². The summed E-state index contributed by atoms with van der Waals surface area (Å²) in [5, 5.41) is 18.7. The Morgan fingerprint density at radius 2 is 2.06 bits per heavy atom. The van der Waals surface area contributed by atoms with Gasteiger partial charge in [0.25, 0.3) is 5.89 Å². The van der Waals surface area contributed by atoms with Crippen LogP contribution in [0.15, 0.2) is 46.1 Å². The van der Waals surface area contributed by atoms with Crippen LogP contribution < -0.4 is 4.74 Å². The van der Waals surface area contributed by atoms with E-state index >= 15 is 0 Å². The van der Waals surface area contributed by atoms with Gasteiger partial charge in [-0.1, -0.05) is 44.4 Å². The molecular formula is C23H21BrN4O3. The minimum atomic E-state index is -0.0218. The number of alkyl halides is 1. The minimum absolute atomic E-state index is 0.0218. The van der Waals surface area contributed by atoms with Crippen molar-refractivity contribution in [2.75, 3.05) is 11.9 Å². The number of aromatic nitrogens is 2. The highest BCUT2D eigenvalue weighted by molar-refractivity contribution is 9.09. The molecule has 0 amide bonds. The van der Waals surface area contributed by atoms with E-state index in [0.29, 0.717) is 35.2 Å². The molecule has 0 N–H and O–H groups in total. The van der Waals surface area contributed by atoms with Gasteiger partial charge >= 0.3 is 0 Å². The van der Waals surface area contributed by atoms with Crippen LogP contribution in [0.5, 0.6) is 5.75 Å². The van der Waals surface area contributed by atoms with Gasteiger partial charge in [0.2, 0.25) is 5.82 Å². The van der Waals surface area contributed by atoms with Crippen molar-refractivity contribution in [1.29, 1.82) is 5.26 Å². The Hall–Kier alpha value is -3.18. The van der Waals surface area contributed by atoms with Gasteiger partial charge in [-0.3, -0.25) is 0 Å². The first-order valence-electron chi connectivity index (χ1n) is 10.0. The Morgan fingerprint density at radius 3 is 2.84 bits per heavy atom. The lowest BCUT2D eigenvalue weighted by molar-refractivity contribution is 0.162. The molecule has 0 bridgehead atoms. The molecule has 1 aliphatic carbocycles. The van der Waals surface area contributed by atoms with E-state index in [2.05, 4.69) is 37.3 Å². The summed E-state index contributed by atoms with van der Waals surface area (Å²) in [6.07, 6.45) is 1.62. The van der Waals surface area contributed by atoms with Crippen LogP contribution in [0.4, 0.5) is 0 Å². The largest absolute Gasteiger partial charge is 0.490 e. The fraction of sp³-hybridized carbons (Fsp3) is 0.304. The van der Waals surface area contributed by atoms with E-state index in [1.807, 2.05) is 38.1 Å². The number of hydrogen-bond donors (Lipinski definition) is 0. The molecule has 3 aromatic rings. The quantitative estimate of drug-likeness (QED) is 0.264. The molecule has 31 heavy (non-hydrogen) atoms. The number of ether oxygens (including phenoxy) is 1. The summed E-state index contributed by atoms with van der Waals surface area (Å²) in [4.78, 5) is 9.93. The summed E-state index contributed by atoms with van der Waals surface area (Å²) in [6.45, 7) is 4.36. The molecule has 0 radical (unpaired) electrons. The zero-order chi connectivity index (χ0) is 21.8. The molecule has 7 nitrogen and oxygen atoms in total. The van der Waals surface area contributed by atoms with Crippen LogP contribution in [0, 0.1) is 11.3 Å². The monoisotopic (exact) mass is 480 g/mol. The predicted octanol–water partition coefficient (Wildman–Crippen LogP) is 5.12. The summed E-state index contributed by atoms with van der Waals surface area (Å²) in [7, 11) is 0. The molecule has 8 heteroatoms. The van der Waals surface area contributed by atoms with Gasteiger partial charge in [-0.25, -0.2) is 0 Å². The predicted molar refractivity (Wildman–Crippen MR) is 120 cm³/mol. The lowest BCUT2D eigenvalue weighted by Gasteiger charge is -2.11. The summed E-state index contributed by atoms with van der Waals surface area (Å²) >= 11 is 3.33. The van der Waals surface area contributed by atoms with E-state index in [4.69, 9.17) is 14.1 Å². The third-order valence-electron chi connectivity index (χ3n) is 4.82. The van der Waals surface area contributed by atoms with Gasteiger partial charge in [0.1, 0.15) is 18.4 Å². The zero-order valence-corrected chi connectivity index (χ0v) is 18.8. The average Bonchev–Trinajstić information content (AvgIpc) is 3.41. The Labute approximate surface area is 188 Å². The Balaban J connectivity index is 1.64. The van der Waals surface area contributed by atoms with Gasteiger partial charge < -0.3 is 14.1 Å². The number of halogens is 1. The SMILES string of the molecule is CC(C)Oc1ccc(-c2nc(-c3cccc4c3CC/C4=N\OCCBr)no2)cc1C#N. The van der Waals surface area contributed by atoms with Crippen molar-refractivity contribution in [2.24, 2.45) is 5.16 Å². The van der Waals surface area contributed by atoms with Crippen molar-refractivity contribution in [3.8, 4) is 34.7 Å². The molecule has 4 rings (SSSR count). The second-order valence-corrected chi connectivity index (χ2v) is 8.10. The van der Waals surface area contributed by atoms with Gasteiger partial charge in [-0.15, -0.1) is 0 Å². The van der Waals surface area contributed by atoms with Gasteiger partial charge in [0, 0.05) is 22.0 Å². The second-order valence-electron chi connectivity index (χ2n) is 7.30. The van der Waals surface area contributed by atoms with E-state index in [9.17, 15) is 5.26 Å². The highest BCUT2D eigenvalue weighted by Crippen LogP contribution is 2.33. The lowest BCUT2D eigenvalue weighted by atomic mass is 10.0. The maximum absolute atomic E-state index is 9.47. The molecule has 0 atom stereocenters. The number of oxime groups is 1. The van der Waals surface area contributed by atoms with Crippen LogP contribution in [0.25, 0.3) is 22.8 Å². The average molecular weight is 481 g/mol. The molecule has 0 unspecified atom stereocenters. The fourth-order valence-electron chi connectivity index (χ4n) is 3.52. The molecule has 2 aromatic carbocycles. The first-order chi connectivity index (χ1) is 15.1. The first-order valence-corrected chi connectivity index (χ1v) is 11.1. The molecular weight excluding hydrogens is 460 g/mol. The van der Waals surface area contributed by atoms with E-state index in [-0.39, 0.29) is 6.10 Å². The first kappa shape index (κ1) is 21.1. The summed E-state index contributed by atoms with van der Waals surface area (Å²) < 4.78 is 11.2. The number of benzene rings is 2. The summed E-state index contributed by atoms with van der Waals surface area (Å²) in [6, 6.07) is 13.4. The molecule has 0 fully saturated rings. The van der Waals surface area contributed by atoms with Crippen LogP contribution in [0.3, 0.4) is 0 Å². The van der Waals surface area contributed by atoms with Crippen LogP contribution in [-0.2, 0) is 11.3 Å². The van der Waals surface area contributed by atoms with Crippen LogP contribution in [0.2, 0.25) is 0 Å². The van der Waals surface area contributed by atoms with Gasteiger partial charge in [0.05, 0.1) is 17.4 Å². The van der Waals surface area contributed by atoms with Crippen molar-refractivity contribution >= 4 is 21.6 Å². The van der Waals surface area contributed by atoms with E-state index in [0.717, 1.165) is 40.6 Å². The molecule has 0 aliphatic heterocycles. The topological polar surface area (TPSA) is 93.5 Å². The van der Waals surface area contributed by atoms with Crippen molar-refractivity contribution in [2.45, 2.75) is 32.8 Å². The molecule has 0 saturated heterocycles. The van der Waals surface area contributed by atoms with Gasteiger partial charge in [-0.05, 0) is 50.5 Å². The van der Waals surface area contributed by atoms with Crippen molar-refractivity contribution in [3.63, 3.8) is 0 Å². The smallest absolute Gasteiger partial charge is 0.258 e. The standard InChI is InChI=1S/C23H21BrN4O3/c1-14(2)30-21-9-6-15(12-16(21)13-25)23-26-22(28-31-23)19-5-3-4-18-17(19)7-8-20(18)27-29-11-10-24/h3-6,9,12,14H,7-8,10-11H2,1-2H3/b27-20+. The van der Waals surface area contributed by atoms with Gasteiger partial charge in [0.15, 0.2) is 0 Å². The Kier molecular flexibility index (Phi) is 6.33. The van der Waals surface area contributed by atoms with Crippen molar-refractivity contribution < 1.29 is 14.1 Å². The molecule has 1 aromatic heterocycles. The highest BCUT2D eigenvalue weighted by Gasteiger charge is 2.24. The maximum atomic E-state index is 9.47. The third-order valence-corrected chi connectivity index (χ3v) is 5.14. The van der Waals surface area contributed by atoms with Crippen LogP contribution in [0.1, 0.15) is 37.0 Å². The molecule has 0 saturated carbocycles. The van der Waals surface area contributed by atoms with E-state index < -0.39 is 0 Å². The molecule has 1 aliphatic rings. The van der Waals surface area contributed by atoms with Crippen LogP contribution in [-0.4, -0.2) is 33.9 Å². The molecule has 1 heterocycles. The normalized spacial score (nSPS) is 14.0. The Bertz CT molecular complexity index is 1160. The molecule has 0 spiro atoms. The number of nitriles is 1. The second kappa shape index (κ2) is 9.31. The van der Waals surface area contributed by atoms with Gasteiger partial charge in [-0.2, -0.15) is 10.2 Å². The third kappa shape index (κ3) is 4.47. The maximum Gasteiger partial charge on any atom is 0.258 e. The fourth-order valence-corrected chi connectivity index (χ4v) is 3.67. The van der Waals surface area contributed by atoms with Crippen molar-refractivity contribution in [1.82, 2.24) is 10.1 Å². The number of rotatable bonds is 7. The lowest BCUT2D eigenvalue weighted by Crippen LogP contribution is -2.06. The van der Waals surface area contributed by atoms with Crippen molar-refractivity contribution in [3.05, 3.63) is 53.1 Å². The minimum Gasteiger partial charge on any atom is -0.490 e. The van der Waals surface area contributed by atoms with Crippen LogP contribution >= 0.6 is 15.9 Å². The number of fused-ring (bicyclic) bond motifs is 1. The molecule has 158 valence electrons. The van der Waals surface area contributed by atoms with E-state index in [1.165, 1.54) is 0 Å².